The van der Waals surface area contributed by atoms with Gasteiger partial charge in [-0.2, -0.15) is 18.2 Å². The highest BCUT2D eigenvalue weighted by Gasteiger charge is 2.38. The van der Waals surface area contributed by atoms with Crippen LogP contribution in [0.25, 0.3) is 11.4 Å². The monoisotopic (exact) mass is 360 g/mol. The van der Waals surface area contributed by atoms with Gasteiger partial charge in [0.25, 0.3) is 0 Å². The molecular formula is C19H15F3N2O2. The second-order valence-corrected chi connectivity index (χ2v) is 5.91. The van der Waals surface area contributed by atoms with Gasteiger partial charge < -0.3 is 4.52 Å². The van der Waals surface area contributed by atoms with Crippen LogP contribution >= 0.6 is 0 Å². The van der Waals surface area contributed by atoms with Crippen LogP contribution in [0.4, 0.5) is 13.2 Å². The molecule has 1 aromatic heterocycles. The Kier molecular flexibility index (Phi) is 4.88. The molecule has 0 atom stereocenters. The van der Waals surface area contributed by atoms with Crippen molar-refractivity contribution in [1.82, 2.24) is 10.1 Å². The van der Waals surface area contributed by atoms with E-state index >= 15 is 0 Å². The summed E-state index contributed by atoms with van der Waals surface area (Å²) in [5, 5.41) is 3.32. The molecule has 0 spiro atoms. The number of nitrogens with zero attached hydrogens (tertiary/aromatic N) is 2. The molecule has 2 aromatic carbocycles. The standard InChI is InChI=1S/C19H15F3N2O2/c1-12-2-4-13(5-3-12)6-11-16(25)14-7-9-15(10-8-14)17-23-18(26-24-17)19(20,21)22/h2-5,7-10H,6,11H2,1H3. The summed E-state index contributed by atoms with van der Waals surface area (Å²) in [5.41, 5.74) is 3.07. The molecule has 0 saturated heterocycles. The second kappa shape index (κ2) is 7.11. The molecule has 0 aliphatic rings. The van der Waals surface area contributed by atoms with Gasteiger partial charge in [-0.05, 0) is 18.9 Å². The summed E-state index contributed by atoms with van der Waals surface area (Å²) in [7, 11) is 0. The Morgan fingerprint density at radius 2 is 1.69 bits per heavy atom. The summed E-state index contributed by atoms with van der Waals surface area (Å²) in [6, 6.07) is 14.1. The van der Waals surface area contributed by atoms with Crippen molar-refractivity contribution >= 4 is 5.78 Å². The number of Topliss-reactive ketones (excluding diaryl/α,β-unsaturated/α-hetero) is 1. The minimum atomic E-state index is -4.68. The van der Waals surface area contributed by atoms with Crippen LogP contribution in [0.5, 0.6) is 0 Å². The Morgan fingerprint density at radius 3 is 2.27 bits per heavy atom. The molecule has 4 nitrogen and oxygen atoms in total. The smallest absolute Gasteiger partial charge is 0.329 e. The van der Waals surface area contributed by atoms with Crippen LogP contribution in [0.3, 0.4) is 0 Å². The van der Waals surface area contributed by atoms with Crippen LogP contribution in [0.15, 0.2) is 53.1 Å². The van der Waals surface area contributed by atoms with Crippen molar-refractivity contribution in [1.29, 1.82) is 0 Å². The first kappa shape index (κ1) is 17.8. The van der Waals surface area contributed by atoms with Crippen LogP contribution in [0.2, 0.25) is 0 Å². The van der Waals surface area contributed by atoms with E-state index in [1.807, 2.05) is 31.2 Å². The van der Waals surface area contributed by atoms with E-state index in [0.29, 0.717) is 24.0 Å². The van der Waals surface area contributed by atoms with Gasteiger partial charge in [0.05, 0.1) is 0 Å². The number of halogens is 3. The summed E-state index contributed by atoms with van der Waals surface area (Å²) in [6.07, 6.45) is -3.71. The van der Waals surface area contributed by atoms with E-state index in [0.717, 1.165) is 11.1 Å². The van der Waals surface area contributed by atoms with Crippen molar-refractivity contribution in [3.63, 3.8) is 0 Å². The van der Waals surface area contributed by atoms with Gasteiger partial charge >= 0.3 is 12.1 Å². The van der Waals surface area contributed by atoms with Gasteiger partial charge in [0.15, 0.2) is 5.78 Å². The Balaban J connectivity index is 1.66. The lowest BCUT2D eigenvalue weighted by Gasteiger charge is -2.03. The van der Waals surface area contributed by atoms with Crippen molar-refractivity contribution in [2.24, 2.45) is 0 Å². The third-order valence-electron chi connectivity index (χ3n) is 3.89. The summed E-state index contributed by atoms with van der Waals surface area (Å²) in [6.45, 7) is 2.00. The average molecular weight is 360 g/mol. The van der Waals surface area contributed by atoms with Crippen LogP contribution in [-0.4, -0.2) is 15.9 Å². The second-order valence-electron chi connectivity index (χ2n) is 5.91. The lowest BCUT2D eigenvalue weighted by Crippen LogP contribution is -2.04. The van der Waals surface area contributed by atoms with Crippen LogP contribution in [-0.2, 0) is 12.6 Å². The van der Waals surface area contributed by atoms with E-state index in [1.54, 1.807) is 12.1 Å². The van der Waals surface area contributed by atoms with E-state index in [9.17, 15) is 18.0 Å². The highest BCUT2D eigenvalue weighted by molar-refractivity contribution is 5.96. The number of alkyl halides is 3. The highest BCUT2D eigenvalue weighted by atomic mass is 19.4. The van der Waals surface area contributed by atoms with Crippen molar-refractivity contribution in [3.8, 4) is 11.4 Å². The topological polar surface area (TPSA) is 56.0 Å². The predicted octanol–water partition coefficient (Wildman–Crippen LogP) is 4.88. The zero-order valence-electron chi connectivity index (χ0n) is 13.9. The van der Waals surface area contributed by atoms with Gasteiger partial charge in [-0.15, -0.1) is 0 Å². The number of carbonyl (C=O) groups excluding carboxylic acids is 1. The number of hydrogen-bond donors (Lipinski definition) is 0. The van der Waals surface area contributed by atoms with Gasteiger partial charge in [0.2, 0.25) is 5.82 Å². The lowest BCUT2D eigenvalue weighted by molar-refractivity contribution is -0.159. The number of benzene rings is 2. The predicted molar refractivity (Wildman–Crippen MR) is 88.6 cm³/mol. The minimum absolute atomic E-state index is 0.0405. The number of ketones is 1. The van der Waals surface area contributed by atoms with Gasteiger partial charge in [0.1, 0.15) is 0 Å². The minimum Gasteiger partial charge on any atom is -0.329 e. The largest absolute Gasteiger partial charge is 0.471 e. The molecule has 3 rings (SSSR count). The number of carbonyl (C=O) groups is 1. The summed E-state index contributed by atoms with van der Waals surface area (Å²) in [5.74, 6) is -1.61. The Labute approximate surface area is 147 Å². The van der Waals surface area contributed by atoms with E-state index in [1.165, 1.54) is 12.1 Å². The van der Waals surface area contributed by atoms with Crippen molar-refractivity contribution in [3.05, 3.63) is 71.1 Å². The molecule has 0 radical (unpaired) electrons. The fourth-order valence-electron chi connectivity index (χ4n) is 2.42. The number of hydrogen-bond acceptors (Lipinski definition) is 4. The van der Waals surface area contributed by atoms with Gasteiger partial charge in [0, 0.05) is 17.5 Å². The third kappa shape index (κ3) is 4.17. The Bertz CT molecular complexity index is 898. The first-order chi connectivity index (χ1) is 12.3. The zero-order chi connectivity index (χ0) is 18.7. The van der Waals surface area contributed by atoms with Gasteiger partial charge in [-0.25, -0.2) is 0 Å². The third-order valence-corrected chi connectivity index (χ3v) is 3.89. The molecule has 0 fully saturated rings. The first-order valence-electron chi connectivity index (χ1n) is 7.93. The summed E-state index contributed by atoms with van der Waals surface area (Å²) in [4.78, 5) is 15.6. The van der Waals surface area contributed by atoms with Crippen molar-refractivity contribution in [2.45, 2.75) is 25.9 Å². The SMILES string of the molecule is Cc1ccc(CCC(=O)c2ccc(-c3noc(C(F)(F)F)n3)cc2)cc1. The molecule has 0 aliphatic carbocycles. The van der Waals surface area contributed by atoms with Crippen LogP contribution in [0.1, 0.15) is 33.8 Å². The van der Waals surface area contributed by atoms with Crippen molar-refractivity contribution < 1.29 is 22.5 Å². The molecule has 0 aliphatic heterocycles. The van der Waals surface area contributed by atoms with E-state index < -0.39 is 12.1 Å². The molecule has 1 heterocycles. The maximum atomic E-state index is 12.5. The molecule has 0 unspecified atom stereocenters. The molecule has 7 heteroatoms. The van der Waals surface area contributed by atoms with Crippen molar-refractivity contribution in [2.75, 3.05) is 0 Å². The maximum Gasteiger partial charge on any atom is 0.471 e. The summed E-state index contributed by atoms with van der Waals surface area (Å²) < 4.78 is 41.7. The average Bonchev–Trinajstić information content (AvgIpc) is 3.12. The maximum absolute atomic E-state index is 12.5. The quantitative estimate of drug-likeness (QED) is 0.609. The first-order valence-corrected chi connectivity index (χ1v) is 7.93. The molecular weight excluding hydrogens is 345 g/mol. The van der Waals surface area contributed by atoms with E-state index in [2.05, 4.69) is 14.7 Å². The molecule has 0 saturated carbocycles. The van der Waals surface area contributed by atoms with Gasteiger partial charge in [-0.1, -0.05) is 59.3 Å². The number of aromatic nitrogens is 2. The van der Waals surface area contributed by atoms with Crippen LogP contribution < -0.4 is 0 Å². The molecule has 0 amide bonds. The zero-order valence-corrected chi connectivity index (χ0v) is 13.9. The molecule has 134 valence electrons. The summed E-state index contributed by atoms with van der Waals surface area (Å²) >= 11 is 0. The Hall–Kier alpha value is -2.96. The van der Waals surface area contributed by atoms with E-state index in [4.69, 9.17) is 0 Å². The molecule has 26 heavy (non-hydrogen) atoms. The fraction of sp³-hybridized carbons (Fsp3) is 0.211. The number of rotatable bonds is 5. The van der Waals surface area contributed by atoms with Gasteiger partial charge in [-0.3, -0.25) is 4.79 Å². The van der Waals surface area contributed by atoms with Crippen LogP contribution in [0, 0.1) is 6.92 Å². The molecule has 0 N–H and O–H groups in total. The lowest BCUT2D eigenvalue weighted by atomic mass is 10.0. The number of aryl methyl sites for hydroxylation is 2. The van der Waals surface area contributed by atoms with E-state index in [-0.39, 0.29) is 11.6 Å². The Morgan fingerprint density at radius 1 is 1.04 bits per heavy atom. The normalized spacial score (nSPS) is 11.5. The molecule has 3 aromatic rings. The highest BCUT2D eigenvalue weighted by Crippen LogP contribution is 2.29. The molecule has 0 bridgehead atoms. The fourth-order valence-corrected chi connectivity index (χ4v) is 2.42.